The van der Waals surface area contributed by atoms with E-state index in [1.54, 1.807) is 43.3 Å². The fourth-order valence-electron chi connectivity index (χ4n) is 3.55. The highest BCUT2D eigenvalue weighted by atomic mass is 32.1. The van der Waals surface area contributed by atoms with Crippen LogP contribution in [0.2, 0.25) is 0 Å². The number of aryl methyl sites for hydroxylation is 1. The SMILES string of the molecule is COc1ccc(N2C(=O)/C(=C/c3ccc(-c4cc([N+](=O)[O-])ccc4C)o3)C(=O)NC2=S)c(OC)c1. The average molecular weight is 493 g/mol. The highest BCUT2D eigenvalue weighted by Crippen LogP contribution is 2.35. The molecule has 0 spiro atoms. The molecular formula is C24H19N3O7S. The molecule has 2 heterocycles. The first-order valence-electron chi connectivity index (χ1n) is 10.2. The molecule has 2 amide bonds. The minimum absolute atomic E-state index is 0.0821. The summed E-state index contributed by atoms with van der Waals surface area (Å²) in [6.45, 7) is 1.79. The van der Waals surface area contributed by atoms with E-state index in [0.717, 1.165) is 10.5 Å². The highest BCUT2D eigenvalue weighted by Gasteiger charge is 2.36. The number of methoxy groups -OCH3 is 2. The number of nitro groups is 1. The molecular weight excluding hydrogens is 474 g/mol. The van der Waals surface area contributed by atoms with Gasteiger partial charge in [-0.2, -0.15) is 0 Å². The Hall–Kier alpha value is -4.51. The molecule has 11 heteroatoms. The summed E-state index contributed by atoms with van der Waals surface area (Å²) in [6.07, 6.45) is 1.29. The van der Waals surface area contributed by atoms with Crippen molar-refractivity contribution in [3.63, 3.8) is 0 Å². The lowest BCUT2D eigenvalue weighted by molar-refractivity contribution is -0.384. The van der Waals surface area contributed by atoms with Gasteiger partial charge in [-0.1, -0.05) is 6.07 Å². The van der Waals surface area contributed by atoms with Crippen molar-refractivity contribution in [1.29, 1.82) is 0 Å². The molecule has 1 N–H and O–H groups in total. The number of carbonyl (C=O) groups is 2. The molecule has 10 nitrogen and oxygen atoms in total. The molecule has 35 heavy (non-hydrogen) atoms. The number of hydrogen-bond donors (Lipinski definition) is 1. The number of thiocarbonyl (C=S) groups is 1. The number of carbonyl (C=O) groups excluding carboxylic acids is 2. The Morgan fingerprint density at radius 1 is 1.09 bits per heavy atom. The topological polar surface area (TPSA) is 124 Å². The number of furan rings is 1. The van der Waals surface area contributed by atoms with Gasteiger partial charge in [0.05, 0.1) is 24.8 Å². The van der Waals surface area contributed by atoms with Crippen LogP contribution < -0.4 is 19.7 Å². The van der Waals surface area contributed by atoms with Crippen LogP contribution in [0.1, 0.15) is 11.3 Å². The number of nitrogens with zero attached hydrogens (tertiary/aromatic N) is 2. The maximum Gasteiger partial charge on any atom is 0.270 e. The van der Waals surface area contributed by atoms with Crippen molar-refractivity contribution in [2.75, 3.05) is 19.1 Å². The van der Waals surface area contributed by atoms with E-state index in [0.29, 0.717) is 28.5 Å². The van der Waals surface area contributed by atoms with Gasteiger partial charge in [0, 0.05) is 23.8 Å². The standard InChI is InChI=1S/C24H19N3O7S/c1-13-4-5-14(27(30)31)10-17(13)20-9-7-16(34-20)11-18-22(28)25-24(35)26(23(18)29)19-8-6-15(32-2)12-21(19)33-3/h4-12H,1-3H3,(H,25,28,35)/b18-11+. The molecule has 0 radical (unpaired) electrons. The predicted molar refractivity (Wildman–Crippen MR) is 131 cm³/mol. The smallest absolute Gasteiger partial charge is 0.270 e. The zero-order valence-corrected chi connectivity index (χ0v) is 19.7. The summed E-state index contributed by atoms with van der Waals surface area (Å²) < 4.78 is 16.4. The molecule has 2 aromatic carbocycles. The first kappa shape index (κ1) is 23.6. The maximum absolute atomic E-state index is 13.3. The van der Waals surface area contributed by atoms with Gasteiger partial charge in [-0.05, 0) is 55.0 Å². The normalized spacial score (nSPS) is 14.8. The molecule has 0 saturated carbocycles. The number of nitrogens with one attached hydrogen (secondary N) is 1. The van der Waals surface area contributed by atoms with Gasteiger partial charge >= 0.3 is 0 Å². The number of benzene rings is 2. The van der Waals surface area contributed by atoms with Crippen molar-refractivity contribution >= 4 is 46.6 Å². The molecule has 0 unspecified atom stereocenters. The monoisotopic (exact) mass is 493 g/mol. The summed E-state index contributed by atoms with van der Waals surface area (Å²) in [5.41, 5.74) is 1.31. The lowest BCUT2D eigenvalue weighted by atomic mass is 10.1. The summed E-state index contributed by atoms with van der Waals surface area (Å²) in [5, 5.41) is 13.5. The van der Waals surface area contributed by atoms with E-state index < -0.39 is 16.7 Å². The molecule has 1 aromatic heterocycles. The Morgan fingerprint density at radius 2 is 1.86 bits per heavy atom. The summed E-state index contributed by atoms with van der Waals surface area (Å²) in [6, 6.07) is 12.4. The number of amides is 2. The van der Waals surface area contributed by atoms with Crippen LogP contribution in [0, 0.1) is 17.0 Å². The second-order valence-corrected chi connectivity index (χ2v) is 7.84. The molecule has 1 saturated heterocycles. The van der Waals surface area contributed by atoms with Gasteiger partial charge in [0.15, 0.2) is 5.11 Å². The van der Waals surface area contributed by atoms with E-state index in [4.69, 9.17) is 26.1 Å². The number of non-ortho nitro benzene ring substituents is 1. The summed E-state index contributed by atoms with van der Waals surface area (Å²) in [4.78, 5) is 37.7. The van der Waals surface area contributed by atoms with E-state index >= 15 is 0 Å². The van der Waals surface area contributed by atoms with Gasteiger partial charge in [-0.15, -0.1) is 0 Å². The second kappa shape index (κ2) is 9.39. The van der Waals surface area contributed by atoms with Gasteiger partial charge in [0.25, 0.3) is 17.5 Å². The Morgan fingerprint density at radius 3 is 2.54 bits per heavy atom. The van der Waals surface area contributed by atoms with Gasteiger partial charge in [0.1, 0.15) is 28.6 Å². The Kier molecular flexibility index (Phi) is 6.34. The van der Waals surface area contributed by atoms with Gasteiger partial charge in [0.2, 0.25) is 0 Å². The summed E-state index contributed by atoms with van der Waals surface area (Å²) >= 11 is 5.25. The van der Waals surface area contributed by atoms with Crippen LogP contribution in [0.25, 0.3) is 17.4 Å². The van der Waals surface area contributed by atoms with Crippen LogP contribution in [0.4, 0.5) is 11.4 Å². The third-order valence-corrected chi connectivity index (χ3v) is 5.62. The molecule has 178 valence electrons. The molecule has 1 aliphatic rings. The first-order chi connectivity index (χ1) is 16.7. The number of nitro benzene ring substituents is 1. The van der Waals surface area contributed by atoms with E-state index in [1.165, 1.54) is 32.4 Å². The number of anilines is 1. The largest absolute Gasteiger partial charge is 0.497 e. The molecule has 3 aromatic rings. The van der Waals surface area contributed by atoms with Crippen molar-refractivity contribution in [3.8, 4) is 22.8 Å². The van der Waals surface area contributed by atoms with Crippen LogP contribution in [0.5, 0.6) is 11.5 Å². The Balaban J connectivity index is 1.71. The summed E-state index contributed by atoms with van der Waals surface area (Å²) in [7, 11) is 2.93. The van der Waals surface area contributed by atoms with Crippen LogP contribution in [0.15, 0.2) is 58.5 Å². The first-order valence-corrected chi connectivity index (χ1v) is 10.6. The van der Waals surface area contributed by atoms with Crippen molar-refractivity contribution in [1.82, 2.24) is 5.32 Å². The lowest BCUT2D eigenvalue weighted by Crippen LogP contribution is -2.54. The van der Waals surface area contributed by atoms with E-state index in [9.17, 15) is 19.7 Å². The number of hydrogen-bond acceptors (Lipinski definition) is 8. The van der Waals surface area contributed by atoms with E-state index in [1.807, 2.05) is 0 Å². The fraction of sp³-hybridized carbons (Fsp3) is 0.125. The third-order valence-electron chi connectivity index (χ3n) is 5.34. The minimum Gasteiger partial charge on any atom is -0.497 e. The van der Waals surface area contributed by atoms with E-state index in [-0.39, 0.29) is 22.1 Å². The maximum atomic E-state index is 13.3. The van der Waals surface area contributed by atoms with Crippen molar-refractivity contribution in [2.45, 2.75) is 6.92 Å². The highest BCUT2D eigenvalue weighted by molar-refractivity contribution is 7.80. The van der Waals surface area contributed by atoms with Gasteiger partial charge in [-0.25, -0.2) is 4.90 Å². The van der Waals surface area contributed by atoms with Gasteiger partial charge in [-0.3, -0.25) is 25.0 Å². The molecule has 0 atom stereocenters. The molecule has 4 rings (SSSR count). The predicted octanol–water partition coefficient (Wildman–Crippen LogP) is 4.01. The van der Waals surface area contributed by atoms with Crippen LogP contribution >= 0.6 is 12.2 Å². The minimum atomic E-state index is -0.687. The van der Waals surface area contributed by atoms with E-state index in [2.05, 4.69) is 5.32 Å². The quantitative estimate of drug-likeness (QED) is 0.180. The summed E-state index contributed by atoms with van der Waals surface area (Å²) in [5.74, 6) is 0.0296. The third kappa shape index (κ3) is 4.49. The van der Waals surface area contributed by atoms with Gasteiger partial charge < -0.3 is 13.9 Å². The second-order valence-electron chi connectivity index (χ2n) is 7.45. The Bertz CT molecular complexity index is 1410. The lowest BCUT2D eigenvalue weighted by Gasteiger charge is -2.29. The van der Waals surface area contributed by atoms with Crippen molar-refractivity contribution < 1.29 is 28.4 Å². The zero-order chi connectivity index (χ0) is 25.3. The Labute approximate surface area is 204 Å². The number of ether oxygens (including phenoxy) is 2. The van der Waals surface area contributed by atoms with Crippen LogP contribution in [0.3, 0.4) is 0 Å². The van der Waals surface area contributed by atoms with Crippen LogP contribution in [-0.4, -0.2) is 36.1 Å². The average Bonchev–Trinajstić information content (AvgIpc) is 3.30. The zero-order valence-electron chi connectivity index (χ0n) is 18.9. The van der Waals surface area contributed by atoms with Crippen molar-refractivity contribution in [2.24, 2.45) is 0 Å². The fourth-order valence-corrected chi connectivity index (χ4v) is 3.83. The molecule has 1 aliphatic heterocycles. The molecule has 1 fully saturated rings. The van der Waals surface area contributed by atoms with Crippen molar-refractivity contribution in [3.05, 3.63) is 75.5 Å². The molecule has 0 bridgehead atoms. The number of rotatable bonds is 6. The molecule has 0 aliphatic carbocycles. The van der Waals surface area contributed by atoms with Crippen LogP contribution in [-0.2, 0) is 9.59 Å².